The Bertz CT molecular complexity index is 1880. The number of aliphatic hydroxyl groups is 3. The third kappa shape index (κ3) is 11.6. The first kappa shape index (κ1) is 47.7. The van der Waals surface area contributed by atoms with Crippen LogP contribution in [0.1, 0.15) is 166 Å². The summed E-state index contributed by atoms with van der Waals surface area (Å²) < 4.78 is 22.8. The van der Waals surface area contributed by atoms with Crippen molar-refractivity contribution in [2.75, 3.05) is 20.3 Å². The first-order chi connectivity index (χ1) is 29.4. The number of hydrogen-bond acceptors (Lipinski definition) is 14. The van der Waals surface area contributed by atoms with Gasteiger partial charge in [-0.2, -0.15) is 0 Å². The van der Waals surface area contributed by atoms with Gasteiger partial charge in [-0.05, 0) is 45.1 Å². The van der Waals surface area contributed by atoms with Crippen molar-refractivity contribution in [2.45, 2.75) is 159 Å². The number of phenolic OH excluding ortho intramolecular Hbond substituents is 2. The van der Waals surface area contributed by atoms with Gasteiger partial charge in [-0.15, -0.1) is 0 Å². The lowest BCUT2D eigenvalue weighted by Gasteiger charge is -2.42. The fraction of sp³-hybridized carbons (Fsp3) is 0.609. The van der Waals surface area contributed by atoms with Crippen molar-refractivity contribution >= 4 is 23.4 Å². The minimum absolute atomic E-state index is 0.0746. The number of Topliss-reactive ketones (excluding diaryl/α,β-unsaturated/α-hetero) is 1. The average molecular weight is 853 g/mol. The molecule has 15 nitrogen and oxygen atoms in total. The van der Waals surface area contributed by atoms with E-state index in [1.807, 2.05) is 0 Å². The van der Waals surface area contributed by atoms with Gasteiger partial charge >= 0.3 is 6.09 Å². The van der Waals surface area contributed by atoms with E-state index in [1.165, 1.54) is 76.7 Å². The quantitative estimate of drug-likeness (QED) is 0.0240. The van der Waals surface area contributed by atoms with Crippen LogP contribution in [0.2, 0.25) is 0 Å². The highest BCUT2D eigenvalue weighted by molar-refractivity contribution is 6.31. The summed E-state index contributed by atoms with van der Waals surface area (Å²) in [5.74, 6) is -3.96. The van der Waals surface area contributed by atoms with Gasteiger partial charge in [0.2, 0.25) is 5.78 Å². The maximum absolute atomic E-state index is 13.9. The number of rotatable bonds is 23. The third-order valence-electron chi connectivity index (χ3n) is 12.0. The number of carbonyl (C=O) groups excluding carboxylic acids is 4. The first-order valence-corrected chi connectivity index (χ1v) is 21.9. The third-order valence-corrected chi connectivity index (χ3v) is 12.0. The summed E-state index contributed by atoms with van der Waals surface area (Å²) in [5, 5.41) is 55.6. The Kier molecular flexibility index (Phi) is 17.7. The highest BCUT2D eigenvalue weighted by atomic mass is 16.7. The van der Waals surface area contributed by atoms with Gasteiger partial charge in [0.1, 0.15) is 29.5 Å². The molecule has 0 radical (unpaired) electrons. The number of aliphatic hydroxyl groups excluding tert-OH is 2. The molecular weight excluding hydrogens is 789 g/mol. The molecule has 336 valence electrons. The van der Waals surface area contributed by atoms with Crippen LogP contribution in [0.15, 0.2) is 30.4 Å². The second kappa shape index (κ2) is 22.6. The number of hydrazine groups is 1. The van der Waals surface area contributed by atoms with Gasteiger partial charge in [0.25, 0.3) is 0 Å². The molecule has 0 spiro atoms. The summed E-state index contributed by atoms with van der Waals surface area (Å²) in [6, 6.07) is 3.51. The number of carbonyl (C=O) groups is 4. The number of allylic oxidation sites excluding steroid dienone is 2. The van der Waals surface area contributed by atoms with Crippen LogP contribution in [-0.2, 0) is 25.4 Å². The Balaban J connectivity index is 1.14. The molecule has 2 aliphatic carbocycles. The Labute approximate surface area is 357 Å². The average Bonchev–Trinajstić information content (AvgIpc) is 3.24. The van der Waals surface area contributed by atoms with Gasteiger partial charge < -0.3 is 44.5 Å². The van der Waals surface area contributed by atoms with Crippen LogP contribution in [-0.4, -0.2) is 99.4 Å². The number of amides is 1. The molecule has 0 saturated carbocycles. The number of benzene rings is 2. The number of unbranched alkanes of at least 4 members (excludes halogenated alkanes) is 12. The van der Waals surface area contributed by atoms with Crippen LogP contribution < -0.4 is 15.6 Å². The molecule has 2 aromatic rings. The second-order valence-electron chi connectivity index (χ2n) is 16.4. The smallest absolute Gasteiger partial charge is 0.421 e. The van der Waals surface area contributed by atoms with Gasteiger partial charge in [-0.3, -0.25) is 19.8 Å². The van der Waals surface area contributed by atoms with Crippen molar-refractivity contribution in [1.29, 1.82) is 0 Å². The SMILES string of the molecule is CCCCCCCC/C=C\CCCCCCCCOC(=O)NNC1CC(O[C@H]2C[C@](O)(C(=O)CO)Cc3c(O)c4c(c(O)c32)C(=O)c2c(OC)cccc2C4=O)OC(C)C1O. The molecular formula is C46H64N2O13. The monoisotopic (exact) mass is 852 g/mol. The van der Waals surface area contributed by atoms with Crippen LogP contribution in [0.25, 0.3) is 0 Å². The summed E-state index contributed by atoms with van der Waals surface area (Å²) in [4.78, 5) is 53.2. The molecule has 61 heavy (non-hydrogen) atoms. The number of ketones is 3. The van der Waals surface area contributed by atoms with E-state index < -0.39 is 102 Å². The summed E-state index contributed by atoms with van der Waals surface area (Å²) in [6.07, 6.45) is 14.3. The van der Waals surface area contributed by atoms with Crippen LogP contribution in [0.5, 0.6) is 17.2 Å². The van der Waals surface area contributed by atoms with E-state index in [0.717, 1.165) is 32.1 Å². The van der Waals surface area contributed by atoms with Crippen molar-refractivity contribution < 1.29 is 63.7 Å². The molecule has 5 rings (SSSR count). The molecule has 1 amide bonds. The number of hydrogen-bond donors (Lipinski definition) is 7. The molecule has 7 N–H and O–H groups in total. The highest BCUT2D eigenvalue weighted by Crippen LogP contribution is 2.52. The Morgan fingerprint density at radius 2 is 1.54 bits per heavy atom. The zero-order chi connectivity index (χ0) is 44.1. The molecule has 1 heterocycles. The summed E-state index contributed by atoms with van der Waals surface area (Å²) >= 11 is 0. The van der Waals surface area contributed by atoms with Crippen molar-refractivity contribution in [3.05, 3.63) is 63.7 Å². The Morgan fingerprint density at radius 3 is 2.20 bits per heavy atom. The number of methoxy groups -OCH3 is 1. The molecule has 0 aromatic heterocycles. The van der Waals surface area contributed by atoms with E-state index in [9.17, 15) is 44.7 Å². The summed E-state index contributed by atoms with van der Waals surface area (Å²) in [7, 11) is 1.32. The lowest BCUT2D eigenvalue weighted by molar-refractivity contribution is -0.250. The van der Waals surface area contributed by atoms with Gasteiger partial charge in [0.15, 0.2) is 17.9 Å². The Morgan fingerprint density at radius 1 is 0.902 bits per heavy atom. The fourth-order valence-electron chi connectivity index (χ4n) is 8.56. The van der Waals surface area contributed by atoms with E-state index in [0.29, 0.717) is 6.42 Å². The van der Waals surface area contributed by atoms with Crippen molar-refractivity contribution in [2.24, 2.45) is 0 Å². The standard InChI is InChI=1S/C46H64N2O13/c1-4-5-6-7-8-9-10-11-12-13-14-15-16-17-18-19-23-59-45(56)48-47-31-24-35(60-28(2)40(31)51)61-33-26-46(57,34(50)27-49)25-30-37(33)44(55)39-38(42(30)53)41(52)29-21-20-22-32(58-3)36(29)43(39)54/h11-12,20-22,28,31,33,35,40,47,49,51,53,55,57H,4-10,13-19,23-27H2,1-3H3,(H,48,56)/b12-11-/t28?,31?,33-,35?,40?,46-/m0/s1. The predicted molar refractivity (Wildman–Crippen MR) is 225 cm³/mol. The van der Waals surface area contributed by atoms with Gasteiger partial charge in [0.05, 0.1) is 54.8 Å². The number of phenols is 2. The molecule has 3 aliphatic rings. The first-order valence-electron chi connectivity index (χ1n) is 21.9. The zero-order valence-electron chi connectivity index (χ0n) is 35.7. The van der Waals surface area contributed by atoms with E-state index in [4.69, 9.17) is 18.9 Å². The number of aromatic hydroxyl groups is 2. The van der Waals surface area contributed by atoms with E-state index in [2.05, 4.69) is 29.9 Å². The zero-order valence-corrected chi connectivity index (χ0v) is 35.7. The summed E-state index contributed by atoms with van der Waals surface area (Å²) in [5.41, 5.74) is 1.32. The lowest BCUT2D eigenvalue weighted by atomic mass is 9.72. The van der Waals surface area contributed by atoms with E-state index >= 15 is 0 Å². The number of nitrogens with one attached hydrogen (secondary N) is 2. The molecule has 6 atom stereocenters. The van der Waals surface area contributed by atoms with Gasteiger partial charge in [0, 0.05) is 36.0 Å². The maximum Gasteiger partial charge on any atom is 0.421 e. The van der Waals surface area contributed by atoms with Crippen molar-refractivity contribution in [1.82, 2.24) is 10.9 Å². The van der Waals surface area contributed by atoms with E-state index in [-0.39, 0.29) is 41.0 Å². The fourth-order valence-corrected chi connectivity index (χ4v) is 8.56. The van der Waals surface area contributed by atoms with Gasteiger partial charge in [-0.25, -0.2) is 10.2 Å². The normalized spacial score (nSPS) is 23.3. The second-order valence-corrected chi connectivity index (χ2v) is 16.4. The largest absolute Gasteiger partial charge is 0.507 e. The minimum atomic E-state index is -2.32. The van der Waals surface area contributed by atoms with Crippen LogP contribution in [0.3, 0.4) is 0 Å². The lowest BCUT2D eigenvalue weighted by Crippen LogP contribution is -2.58. The van der Waals surface area contributed by atoms with Crippen molar-refractivity contribution in [3.8, 4) is 17.2 Å². The van der Waals surface area contributed by atoms with Crippen molar-refractivity contribution in [3.63, 3.8) is 0 Å². The predicted octanol–water partition coefficient (Wildman–Crippen LogP) is 6.31. The number of ether oxygens (including phenoxy) is 4. The minimum Gasteiger partial charge on any atom is -0.507 e. The topological polar surface area (TPSA) is 230 Å². The number of fused-ring (bicyclic) bond motifs is 3. The van der Waals surface area contributed by atoms with Crippen LogP contribution >= 0.6 is 0 Å². The maximum atomic E-state index is 13.9. The Hall–Kier alpha value is -4.38. The van der Waals surface area contributed by atoms with Crippen LogP contribution in [0, 0.1) is 0 Å². The molecule has 0 bridgehead atoms. The molecule has 1 fully saturated rings. The molecule has 2 aromatic carbocycles. The molecule has 4 unspecified atom stereocenters. The van der Waals surface area contributed by atoms with Gasteiger partial charge in [-0.1, -0.05) is 89.0 Å². The highest BCUT2D eigenvalue weighted by Gasteiger charge is 2.50. The molecule has 1 aliphatic heterocycles. The molecule has 1 saturated heterocycles. The van der Waals surface area contributed by atoms with E-state index in [1.54, 1.807) is 6.92 Å². The van der Waals surface area contributed by atoms with Crippen LogP contribution in [0.4, 0.5) is 4.79 Å². The summed E-state index contributed by atoms with van der Waals surface area (Å²) in [6.45, 7) is 2.96. The molecule has 15 heteroatoms.